The Labute approximate surface area is 88.1 Å². The van der Waals surface area contributed by atoms with Gasteiger partial charge in [-0.25, -0.2) is 0 Å². The van der Waals surface area contributed by atoms with Crippen LogP contribution in [0.1, 0.15) is 32.6 Å². The van der Waals surface area contributed by atoms with Crippen molar-refractivity contribution in [2.75, 3.05) is 26.2 Å². The molecule has 0 aromatic rings. The molecule has 1 N–H and O–H groups in total. The summed E-state index contributed by atoms with van der Waals surface area (Å²) in [5, 5.41) is 3.61. The van der Waals surface area contributed by atoms with E-state index in [-0.39, 0.29) is 0 Å². The molecule has 1 fully saturated rings. The fourth-order valence-corrected chi connectivity index (χ4v) is 1.91. The van der Waals surface area contributed by atoms with Crippen LogP contribution in [-0.2, 0) is 0 Å². The van der Waals surface area contributed by atoms with Gasteiger partial charge in [0.15, 0.2) is 0 Å². The summed E-state index contributed by atoms with van der Waals surface area (Å²) in [5.74, 6) is 2.71. The number of nitrogens with zero attached hydrogens (tertiary/aromatic N) is 1. The third-order valence-corrected chi connectivity index (χ3v) is 2.87. The highest BCUT2D eigenvalue weighted by atomic mass is 15.1. The number of likely N-dealkylation sites (tertiary alicyclic amines) is 1. The lowest BCUT2D eigenvalue weighted by Crippen LogP contribution is -2.42. The highest BCUT2D eigenvalue weighted by molar-refractivity contribution is 4.90. The molecule has 1 aliphatic rings. The monoisotopic (exact) mass is 194 g/mol. The van der Waals surface area contributed by atoms with Crippen molar-refractivity contribution < 1.29 is 0 Å². The van der Waals surface area contributed by atoms with Crippen molar-refractivity contribution in [1.29, 1.82) is 0 Å². The number of hydrogen-bond donors (Lipinski definition) is 1. The molecule has 1 aliphatic heterocycles. The van der Waals surface area contributed by atoms with E-state index in [0.717, 1.165) is 25.7 Å². The number of unbranched alkanes of at least 4 members (excludes halogenated alkanes) is 1. The van der Waals surface area contributed by atoms with Crippen LogP contribution in [0.4, 0.5) is 0 Å². The number of rotatable bonds is 5. The molecule has 14 heavy (non-hydrogen) atoms. The zero-order valence-corrected chi connectivity index (χ0v) is 9.26. The second kappa shape index (κ2) is 6.86. The van der Waals surface area contributed by atoms with Gasteiger partial charge in [-0.05, 0) is 25.8 Å². The molecule has 0 radical (unpaired) electrons. The standard InChI is InChI=1S/C12H22N2/c1-3-5-8-13-12-6-10-14(9-4-2)11-7-12/h2,12-13H,3,5-11H2,1H3. The van der Waals surface area contributed by atoms with E-state index in [1.54, 1.807) is 0 Å². The summed E-state index contributed by atoms with van der Waals surface area (Å²) in [6.07, 6.45) is 10.4. The zero-order valence-electron chi connectivity index (χ0n) is 9.26. The van der Waals surface area contributed by atoms with Gasteiger partial charge in [-0.1, -0.05) is 19.3 Å². The fourth-order valence-electron chi connectivity index (χ4n) is 1.91. The van der Waals surface area contributed by atoms with Crippen LogP contribution in [0.5, 0.6) is 0 Å². The van der Waals surface area contributed by atoms with Crippen LogP contribution < -0.4 is 5.32 Å². The Kier molecular flexibility index (Phi) is 5.66. The molecule has 0 atom stereocenters. The first kappa shape index (κ1) is 11.6. The third kappa shape index (κ3) is 4.13. The van der Waals surface area contributed by atoms with Crippen LogP contribution in [0.2, 0.25) is 0 Å². The summed E-state index contributed by atoms with van der Waals surface area (Å²) in [7, 11) is 0. The molecule has 0 amide bonds. The van der Waals surface area contributed by atoms with E-state index >= 15 is 0 Å². The smallest absolute Gasteiger partial charge is 0.0598 e. The lowest BCUT2D eigenvalue weighted by molar-refractivity contribution is 0.218. The Morgan fingerprint density at radius 3 is 2.71 bits per heavy atom. The summed E-state index contributed by atoms with van der Waals surface area (Å²) in [5.41, 5.74) is 0. The average molecular weight is 194 g/mol. The molecule has 0 saturated carbocycles. The van der Waals surface area contributed by atoms with Crippen molar-refractivity contribution in [2.45, 2.75) is 38.6 Å². The number of piperidine rings is 1. The predicted molar refractivity (Wildman–Crippen MR) is 61.2 cm³/mol. The number of terminal acetylenes is 1. The lowest BCUT2D eigenvalue weighted by Gasteiger charge is -2.31. The second-order valence-corrected chi connectivity index (χ2v) is 4.06. The van der Waals surface area contributed by atoms with Crippen molar-refractivity contribution >= 4 is 0 Å². The van der Waals surface area contributed by atoms with Gasteiger partial charge in [0.05, 0.1) is 6.54 Å². The minimum atomic E-state index is 0.732. The molecule has 0 spiro atoms. The Balaban J connectivity index is 2.07. The third-order valence-electron chi connectivity index (χ3n) is 2.87. The zero-order chi connectivity index (χ0) is 10.2. The molecule has 2 nitrogen and oxygen atoms in total. The van der Waals surface area contributed by atoms with E-state index in [4.69, 9.17) is 6.42 Å². The van der Waals surface area contributed by atoms with Crippen LogP contribution >= 0.6 is 0 Å². The fraction of sp³-hybridized carbons (Fsp3) is 0.833. The highest BCUT2D eigenvalue weighted by Gasteiger charge is 2.17. The summed E-state index contributed by atoms with van der Waals surface area (Å²) in [6.45, 7) is 6.55. The first-order valence-electron chi connectivity index (χ1n) is 5.76. The molecule has 0 aromatic carbocycles. The van der Waals surface area contributed by atoms with Gasteiger partial charge < -0.3 is 5.32 Å². The van der Waals surface area contributed by atoms with E-state index in [0.29, 0.717) is 0 Å². The second-order valence-electron chi connectivity index (χ2n) is 4.06. The lowest BCUT2D eigenvalue weighted by atomic mass is 10.0. The van der Waals surface area contributed by atoms with Crippen molar-refractivity contribution in [3.8, 4) is 12.3 Å². The summed E-state index contributed by atoms with van der Waals surface area (Å²) < 4.78 is 0. The van der Waals surface area contributed by atoms with Gasteiger partial charge in [-0.15, -0.1) is 6.42 Å². The van der Waals surface area contributed by atoms with Crippen molar-refractivity contribution in [3.05, 3.63) is 0 Å². The van der Waals surface area contributed by atoms with Crippen molar-refractivity contribution in [2.24, 2.45) is 0 Å². The van der Waals surface area contributed by atoms with Crippen LogP contribution in [0.3, 0.4) is 0 Å². The molecule has 80 valence electrons. The van der Waals surface area contributed by atoms with Crippen LogP contribution in [0.15, 0.2) is 0 Å². The van der Waals surface area contributed by atoms with Gasteiger partial charge in [-0.2, -0.15) is 0 Å². The van der Waals surface area contributed by atoms with Crippen LogP contribution in [0, 0.1) is 12.3 Å². The summed E-state index contributed by atoms with van der Waals surface area (Å²) in [4.78, 5) is 2.36. The first-order valence-corrected chi connectivity index (χ1v) is 5.76. The van der Waals surface area contributed by atoms with E-state index in [1.807, 2.05) is 0 Å². The van der Waals surface area contributed by atoms with Crippen LogP contribution in [-0.4, -0.2) is 37.1 Å². The maximum Gasteiger partial charge on any atom is 0.0598 e. The molecule has 1 saturated heterocycles. The normalized spacial score (nSPS) is 19.4. The molecule has 1 heterocycles. The van der Waals surface area contributed by atoms with E-state index in [9.17, 15) is 0 Å². The van der Waals surface area contributed by atoms with E-state index in [2.05, 4.69) is 23.1 Å². The minimum Gasteiger partial charge on any atom is -0.314 e. The van der Waals surface area contributed by atoms with Gasteiger partial charge in [0.2, 0.25) is 0 Å². The van der Waals surface area contributed by atoms with Crippen LogP contribution in [0.25, 0.3) is 0 Å². The molecule has 0 unspecified atom stereocenters. The summed E-state index contributed by atoms with van der Waals surface area (Å²) in [6, 6.07) is 0.732. The topological polar surface area (TPSA) is 15.3 Å². The van der Waals surface area contributed by atoms with Gasteiger partial charge in [0, 0.05) is 19.1 Å². The number of nitrogens with one attached hydrogen (secondary N) is 1. The van der Waals surface area contributed by atoms with Gasteiger partial charge in [0.25, 0.3) is 0 Å². The largest absolute Gasteiger partial charge is 0.314 e. The molecule has 0 aromatic heterocycles. The molecule has 0 bridgehead atoms. The Morgan fingerprint density at radius 1 is 1.43 bits per heavy atom. The predicted octanol–water partition coefficient (Wildman–Crippen LogP) is 1.47. The highest BCUT2D eigenvalue weighted by Crippen LogP contribution is 2.09. The molecule has 0 aliphatic carbocycles. The molecular formula is C12H22N2. The number of hydrogen-bond acceptors (Lipinski definition) is 2. The Morgan fingerprint density at radius 2 is 2.14 bits per heavy atom. The first-order chi connectivity index (χ1) is 6.86. The maximum absolute atomic E-state index is 5.28. The van der Waals surface area contributed by atoms with Gasteiger partial charge in [-0.3, -0.25) is 4.90 Å². The van der Waals surface area contributed by atoms with Crippen molar-refractivity contribution in [3.63, 3.8) is 0 Å². The SMILES string of the molecule is C#CCN1CCC(NCCCC)CC1. The quantitative estimate of drug-likeness (QED) is 0.527. The van der Waals surface area contributed by atoms with E-state index < -0.39 is 0 Å². The maximum atomic E-state index is 5.28. The van der Waals surface area contributed by atoms with Gasteiger partial charge >= 0.3 is 0 Å². The van der Waals surface area contributed by atoms with E-state index in [1.165, 1.54) is 32.2 Å². The molecule has 1 rings (SSSR count). The summed E-state index contributed by atoms with van der Waals surface area (Å²) >= 11 is 0. The molecule has 2 heteroatoms. The van der Waals surface area contributed by atoms with Gasteiger partial charge in [0.1, 0.15) is 0 Å². The minimum absolute atomic E-state index is 0.732. The Hall–Kier alpha value is -0.520. The Bertz CT molecular complexity index is 175. The average Bonchev–Trinajstić information content (AvgIpc) is 2.21. The van der Waals surface area contributed by atoms with Crippen molar-refractivity contribution in [1.82, 2.24) is 10.2 Å². The molecular weight excluding hydrogens is 172 g/mol.